The predicted octanol–water partition coefficient (Wildman–Crippen LogP) is 4.21. The zero-order chi connectivity index (χ0) is 17.5. The maximum atomic E-state index is 10.1. The molecule has 0 saturated carbocycles. The second-order valence-electron chi connectivity index (χ2n) is 6.58. The van der Waals surface area contributed by atoms with E-state index in [2.05, 4.69) is 19.6 Å². The van der Waals surface area contributed by atoms with Crippen molar-refractivity contribution >= 4 is 11.6 Å². The second-order valence-corrected chi connectivity index (χ2v) is 6.58. The average Bonchev–Trinajstić information content (AvgIpc) is 2.57. The second kappa shape index (κ2) is 8.86. The number of rotatable bonds is 1. The van der Waals surface area contributed by atoms with E-state index in [1.165, 1.54) is 0 Å². The fourth-order valence-corrected chi connectivity index (χ4v) is 2.95. The van der Waals surface area contributed by atoms with Gasteiger partial charge in [0.2, 0.25) is 0 Å². The summed E-state index contributed by atoms with van der Waals surface area (Å²) in [6, 6.07) is 5.97. The predicted molar refractivity (Wildman–Crippen MR) is 99.8 cm³/mol. The number of aliphatic hydroxyl groups is 2. The van der Waals surface area contributed by atoms with Gasteiger partial charge >= 0.3 is 0 Å². The summed E-state index contributed by atoms with van der Waals surface area (Å²) in [5.74, 6) is 1.27. The molecule has 3 unspecified atom stereocenters. The first-order chi connectivity index (χ1) is 11.5. The van der Waals surface area contributed by atoms with Gasteiger partial charge in [0.1, 0.15) is 5.75 Å². The number of allylic oxidation sites excluding steroid dienone is 2. The van der Waals surface area contributed by atoms with Crippen LogP contribution in [-0.4, -0.2) is 29.5 Å². The lowest BCUT2D eigenvalue weighted by atomic mass is 9.91. The maximum Gasteiger partial charge on any atom is 0.119 e. The Hall–Kier alpha value is -1.84. The summed E-state index contributed by atoms with van der Waals surface area (Å²) in [5, 5.41) is 20.1. The Kier molecular flexibility index (Phi) is 6.83. The van der Waals surface area contributed by atoms with Crippen LogP contribution in [0.1, 0.15) is 43.7 Å². The van der Waals surface area contributed by atoms with Crippen LogP contribution < -0.4 is 4.74 Å². The van der Waals surface area contributed by atoms with Crippen molar-refractivity contribution in [1.29, 1.82) is 0 Å². The fourth-order valence-electron chi connectivity index (χ4n) is 2.95. The molecule has 2 N–H and O–H groups in total. The highest BCUT2D eigenvalue weighted by Gasteiger charge is 2.14. The van der Waals surface area contributed by atoms with Gasteiger partial charge in [0.25, 0.3) is 0 Å². The number of aliphatic hydroxyl groups excluding tert-OH is 2. The van der Waals surface area contributed by atoms with Crippen LogP contribution in [0.5, 0.6) is 5.75 Å². The summed E-state index contributed by atoms with van der Waals surface area (Å²) in [6.45, 7) is 6.47. The highest BCUT2D eigenvalue weighted by atomic mass is 16.5. The van der Waals surface area contributed by atoms with Crippen molar-refractivity contribution in [1.82, 2.24) is 0 Å². The lowest BCUT2D eigenvalue weighted by molar-refractivity contribution is 0.0239. The Bertz CT molecular complexity index is 616. The first-order valence-electron chi connectivity index (χ1n) is 8.55. The number of fused-ring (bicyclic) bond motifs is 1. The molecule has 3 heteroatoms. The molecule has 0 bridgehead atoms. The average molecular weight is 328 g/mol. The molecule has 0 saturated heterocycles. The third-order valence-electron chi connectivity index (χ3n) is 4.44. The Morgan fingerprint density at radius 3 is 2.42 bits per heavy atom. The Labute approximate surface area is 145 Å². The molecule has 1 aromatic carbocycles. The molecule has 0 spiro atoms. The molecule has 0 heterocycles. The third kappa shape index (κ3) is 5.08. The van der Waals surface area contributed by atoms with E-state index in [9.17, 15) is 10.2 Å². The van der Waals surface area contributed by atoms with Gasteiger partial charge in [-0.2, -0.15) is 0 Å². The largest absolute Gasteiger partial charge is 0.497 e. The quantitative estimate of drug-likeness (QED) is 0.759. The molecule has 24 heavy (non-hydrogen) atoms. The molecule has 0 fully saturated rings. The Balaban J connectivity index is 2.33. The third-order valence-corrected chi connectivity index (χ3v) is 4.44. The van der Waals surface area contributed by atoms with Crippen molar-refractivity contribution in [2.75, 3.05) is 7.11 Å². The van der Waals surface area contributed by atoms with E-state index < -0.39 is 12.2 Å². The van der Waals surface area contributed by atoms with Crippen molar-refractivity contribution in [2.45, 2.75) is 44.8 Å². The lowest BCUT2D eigenvalue weighted by Crippen LogP contribution is -2.24. The van der Waals surface area contributed by atoms with Gasteiger partial charge in [0, 0.05) is 0 Å². The molecule has 0 aliphatic heterocycles. The van der Waals surface area contributed by atoms with E-state index in [0.29, 0.717) is 18.8 Å². The highest BCUT2D eigenvalue weighted by Crippen LogP contribution is 2.29. The zero-order valence-corrected chi connectivity index (χ0v) is 14.6. The monoisotopic (exact) mass is 328 g/mol. The Morgan fingerprint density at radius 2 is 1.71 bits per heavy atom. The van der Waals surface area contributed by atoms with Crippen molar-refractivity contribution < 1.29 is 14.9 Å². The number of hydrogen-bond donors (Lipinski definition) is 2. The Morgan fingerprint density at radius 1 is 1.04 bits per heavy atom. The minimum absolute atomic E-state index is 0.411. The van der Waals surface area contributed by atoms with E-state index in [1.54, 1.807) is 7.11 Å². The molecule has 1 aliphatic rings. The van der Waals surface area contributed by atoms with Crippen LogP contribution in [0.25, 0.3) is 11.6 Å². The summed E-state index contributed by atoms with van der Waals surface area (Å²) in [5.41, 5.74) is 3.24. The number of methoxy groups -OCH3 is 1. The van der Waals surface area contributed by atoms with E-state index in [1.807, 2.05) is 36.4 Å². The van der Waals surface area contributed by atoms with Crippen LogP contribution in [0.4, 0.5) is 0 Å². The van der Waals surface area contributed by atoms with Gasteiger partial charge < -0.3 is 14.9 Å². The summed E-state index contributed by atoms with van der Waals surface area (Å²) >= 11 is 0. The van der Waals surface area contributed by atoms with Gasteiger partial charge in [-0.1, -0.05) is 43.9 Å². The number of hydrogen-bond acceptors (Lipinski definition) is 3. The maximum absolute atomic E-state index is 10.1. The van der Waals surface area contributed by atoms with Crippen molar-refractivity contribution in [3.8, 4) is 5.75 Å². The van der Waals surface area contributed by atoms with Gasteiger partial charge in [-0.05, 0) is 60.4 Å². The summed E-state index contributed by atoms with van der Waals surface area (Å²) in [7, 11) is 1.65. The molecule has 130 valence electrons. The summed E-state index contributed by atoms with van der Waals surface area (Å²) in [4.78, 5) is 0. The van der Waals surface area contributed by atoms with Crippen LogP contribution in [0.3, 0.4) is 0 Å². The topological polar surface area (TPSA) is 49.7 Å². The van der Waals surface area contributed by atoms with Gasteiger partial charge in [-0.15, -0.1) is 0 Å². The molecule has 0 radical (unpaired) electrons. The van der Waals surface area contributed by atoms with E-state index in [0.717, 1.165) is 35.3 Å². The number of ether oxygens (including phenoxy) is 1. The SMILES string of the molecule is C=C1CC(C)C/C=C\CC(O)C(O)C/C=C/c2cc(OC)ccc21. The van der Waals surface area contributed by atoms with Crippen LogP contribution in [-0.2, 0) is 0 Å². The minimum Gasteiger partial charge on any atom is -0.497 e. The van der Waals surface area contributed by atoms with Crippen molar-refractivity contribution in [2.24, 2.45) is 5.92 Å². The molecule has 0 amide bonds. The molecular formula is C21H28O3. The van der Waals surface area contributed by atoms with Gasteiger partial charge in [0.15, 0.2) is 0 Å². The van der Waals surface area contributed by atoms with Gasteiger partial charge in [0.05, 0.1) is 19.3 Å². The summed E-state index contributed by atoms with van der Waals surface area (Å²) < 4.78 is 5.32. The molecule has 3 nitrogen and oxygen atoms in total. The molecule has 1 aromatic rings. The minimum atomic E-state index is -0.761. The highest BCUT2D eigenvalue weighted by molar-refractivity contribution is 5.74. The number of benzene rings is 1. The molecule has 1 aliphatic carbocycles. The standard InChI is InChI=1S/C21H28O3/c1-15-7-4-5-9-20(22)21(23)10-6-8-17-14-18(24-3)11-12-19(17)16(2)13-15/h4-6,8,11-12,14-15,20-23H,2,7,9-10,13H2,1,3H3/b5-4-,8-6+. The van der Waals surface area contributed by atoms with Crippen molar-refractivity contribution in [3.05, 3.63) is 54.1 Å². The van der Waals surface area contributed by atoms with Crippen molar-refractivity contribution in [3.63, 3.8) is 0 Å². The van der Waals surface area contributed by atoms with E-state index in [-0.39, 0.29) is 0 Å². The van der Waals surface area contributed by atoms with Gasteiger partial charge in [-0.3, -0.25) is 0 Å². The van der Waals surface area contributed by atoms with Gasteiger partial charge in [-0.25, -0.2) is 0 Å². The van der Waals surface area contributed by atoms with Crippen LogP contribution in [0, 0.1) is 5.92 Å². The van der Waals surface area contributed by atoms with Crippen LogP contribution in [0.2, 0.25) is 0 Å². The van der Waals surface area contributed by atoms with E-state index in [4.69, 9.17) is 4.74 Å². The summed E-state index contributed by atoms with van der Waals surface area (Å²) in [6.07, 6.45) is 9.18. The van der Waals surface area contributed by atoms with Crippen LogP contribution >= 0.6 is 0 Å². The normalized spacial score (nSPS) is 28.5. The lowest BCUT2D eigenvalue weighted by Gasteiger charge is -2.17. The molecule has 0 aromatic heterocycles. The first kappa shape index (κ1) is 18.5. The first-order valence-corrected chi connectivity index (χ1v) is 8.55. The van der Waals surface area contributed by atoms with Crippen LogP contribution in [0.15, 0.2) is 43.0 Å². The fraction of sp³-hybridized carbons (Fsp3) is 0.429. The molecule has 2 rings (SSSR count). The zero-order valence-electron chi connectivity index (χ0n) is 14.6. The molecule has 3 atom stereocenters. The smallest absolute Gasteiger partial charge is 0.119 e. The molecular weight excluding hydrogens is 300 g/mol. The van der Waals surface area contributed by atoms with E-state index >= 15 is 0 Å².